The zero-order valence-corrected chi connectivity index (χ0v) is 34.0. The van der Waals surface area contributed by atoms with Crippen LogP contribution in [0.4, 0.5) is 9.59 Å². The van der Waals surface area contributed by atoms with Crippen LogP contribution in [0.15, 0.2) is 38.0 Å². The lowest BCUT2D eigenvalue weighted by Crippen LogP contribution is -2.59. The number of nitrogens with zero attached hydrogens (tertiary/aromatic N) is 4. The Bertz CT molecular complexity index is 1200. The average molecular weight is 740 g/mol. The summed E-state index contributed by atoms with van der Waals surface area (Å²) >= 11 is 4.71. The van der Waals surface area contributed by atoms with Crippen LogP contribution in [0.25, 0.3) is 0 Å². The zero-order valence-electron chi connectivity index (χ0n) is 33.3. The predicted octanol–water partition coefficient (Wildman–Crippen LogP) is 6.39. The van der Waals surface area contributed by atoms with Gasteiger partial charge in [0.25, 0.3) is 0 Å². The van der Waals surface area contributed by atoms with Gasteiger partial charge < -0.3 is 34.4 Å². The van der Waals surface area contributed by atoms with Crippen LogP contribution in [0.5, 0.6) is 0 Å². The van der Waals surface area contributed by atoms with E-state index < -0.39 is 16.4 Å². The molecule has 0 aromatic carbocycles. The van der Waals surface area contributed by atoms with Gasteiger partial charge in [0.05, 0.1) is 0 Å². The van der Waals surface area contributed by atoms with E-state index in [-0.39, 0.29) is 42.1 Å². The lowest BCUT2D eigenvalue weighted by Gasteiger charge is -2.43. The highest BCUT2D eigenvalue weighted by Gasteiger charge is 2.36. The van der Waals surface area contributed by atoms with Crippen molar-refractivity contribution in [3.05, 3.63) is 38.0 Å². The molecule has 3 rings (SSSR count). The number of carbonyl (C=O) groups excluding carboxylic acids is 5. The molecule has 0 unspecified atom stereocenters. The van der Waals surface area contributed by atoms with E-state index in [0.717, 1.165) is 32.1 Å². The van der Waals surface area contributed by atoms with Crippen molar-refractivity contribution in [2.75, 3.05) is 32.7 Å². The smallest absolute Gasteiger partial charge is 0.410 e. The molecule has 13 heteroatoms. The third kappa shape index (κ3) is 18.6. The largest absolute Gasteiger partial charge is 0.444 e. The van der Waals surface area contributed by atoms with Gasteiger partial charge in [-0.05, 0) is 125 Å². The highest BCUT2D eigenvalue weighted by atomic mass is 35.5. The summed E-state index contributed by atoms with van der Waals surface area (Å²) in [4.78, 5) is 63.6. The van der Waals surface area contributed by atoms with Crippen molar-refractivity contribution in [2.24, 2.45) is 5.92 Å². The molecule has 3 aliphatic heterocycles. The molecule has 4 amide bonds. The predicted molar refractivity (Wildman–Crippen MR) is 204 cm³/mol. The lowest BCUT2D eigenvalue weighted by atomic mass is 9.95. The molecule has 51 heavy (non-hydrogen) atoms. The highest BCUT2D eigenvalue weighted by molar-refractivity contribution is 6.66. The van der Waals surface area contributed by atoms with Crippen molar-refractivity contribution < 1.29 is 33.4 Å². The molecule has 0 bridgehead atoms. The number of amides is 4. The number of halogens is 1. The number of piperazine rings is 2. The molecule has 1 N–H and O–H groups in total. The molecule has 3 aliphatic rings. The Hall–Kier alpha value is -3.38. The fraction of sp³-hybridized carbons (Fsp3) is 0.711. The fourth-order valence-corrected chi connectivity index (χ4v) is 5.44. The highest BCUT2D eigenvalue weighted by Crippen LogP contribution is 2.23. The minimum absolute atomic E-state index is 0.0331. The second kappa shape index (κ2) is 21.9. The first kappa shape index (κ1) is 47.6. The van der Waals surface area contributed by atoms with Crippen molar-refractivity contribution in [1.82, 2.24) is 24.9 Å². The topological polar surface area (TPSA) is 129 Å². The van der Waals surface area contributed by atoms with E-state index in [1.807, 2.05) is 72.1 Å². The maximum atomic E-state index is 12.1. The summed E-state index contributed by atoms with van der Waals surface area (Å²) in [6.07, 6.45) is 5.54. The van der Waals surface area contributed by atoms with Crippen LogP contribution in [0, 0.1) is 5.92 Å². The molecular formula is C38H66ClN5O7. The number of nitrogens with one attached hydrogen (secondary N) is 1. The minimum Gasteiger partial charge on any atom is -0.444 e. The molecule has 3 fully saturated rings. The zero-order chi connectivity index (χ0) is 39.9. The van der Waals surface area contributed by atoms with Gasteiger partial charge in [0.2, 0.25) is 17.1 Å². The Morgan fingerprint density at radius 3 is 1.41 bits per heavy atom. The number of ether oxygens (including phenoxy) is 2. The van der Waals surface area contributed by atoms with E-state index >= 15 is 0 Å². The normalized spacial score (nSPS) is 24.8. The van der Waals surface area contributed by atoms with E-state index in [0.29, 0.717) is 31.1 Å². The van der Waals surface area contributed by atoms with Crippen LogP contribution in [-0.2, 0) is 23.9 Å². The molecule has 6 atom stereocenters. The molecule has 3 saturated heterocycles. The first-order chi connectivity index (χ1) is 23.4. The summed E-state index contributed by atoms with van der Waals surface area (Å²) in [5.74, 6) is 0.535. The Labute approximate surface area is 312 Å². The summed E-state index contributed by atoms with van der Waals surface area (Å²) in [5.41, 5.74) is -0.897. The first-order valence-corrected chi connectivity index (χ1v) is 18.2. The third-order valence-electron chi connectivity index (χ3n) is 8.20. The van der Waals surface area contributed by atoms with Crippen molar-refractivity contribution >= 4 is 40.8 Å². The molecule has 12 nitrogen and oxygen atoms in total. The van der Waals surface area contributed by atoms with Crippen LogP contribution in [-0.4, -0.2) is 123 Å². The lowest BCUT2D eigenvalue weighted by molar-refractivity contribution is -0.131. The number of rotatable bonds is 3. The summed E-state index contributed by atoms with van der Waals surface area (Å²) in [6, 6.07) is 0.900. The molecule has 0 saturated carbocycles. The van der Waals surface area contributed by atoms with Gasteiger partial charge in [0.15, 0.2) is 0 Å². The maximum Gasteiger partial charge on any atom is 0.410 e. The van der Waals surface area contributed by atoms with E-state index in [1.165, 1.54) is 18.6 Å². The van der Waals surface area contributed by atoms with E-state index in [9.17, 15) is 24.0 Å². The quantitative estimate of drug-likeness (QED) is 0.261. The van der Waals surface area contributed by atoms with Crippen LogP contribution < -0.4 is 5.32 Å². The van der Waals surface area contributed by atoms with E-state index in [4.69, 9.17) is 21.1 Å². The van der Waals surface area contributed by atoms with Crippen molar-refractivity contribution in [3.8, 4) is 0 Å². The van der Waals surface area contributed by atoms with Gasteiger partial charge in [-0.25, -0.2) is 9.59 Å². The molecule has 0 spiro atoms. The minimum atomic E-state index is -0.509. The van der Waals surface area contributed by atoms with Crippen molar-refractivity contribution in [1.29, 1.82) is 0 Å². The molecule has 292 valence electrons. The number of hydrogen-bond acceptors (Lipinski definition) is 8. The second-order valence-corrected chi connectivity index (χ2v) is 15.9. The summed E-state index contributed by atoms with van der Waals surface area (Å²) < 4.78 is 10.8. The standard InChI is InChI=1S/C14H24N2O3.C12H23NO2.C9H16N2O.C3H3ClO/c1-7-12(17)15-8-11(3)16(9-10(15)2)13(18)19-14(4,5)6;1-9-6-7-10(2)13(8-9)11(14)15-12(3,4)5;1-4-9(12)11-6-7(2)10-5-8(11)3;1-2-3(4)5/h7,10-11H,1,8-9H2,2-6H3;9-10H,6-8H2,1-5H3;4,7-8,10H,1,5-6H2,2-3H3;2H,1H2/t10-,11+;9-,10-;7-,8+;/m100./s1. The Balaban J connectivity index is 0.000000703. The maximum absolute atomic E-state index is 12.1. The van der Waals surface area contributed by atoms with Crippen LogP contribution in [0.2, 0.25) is 0 Å². The van der Waals surface area contributed by atoms with Gasteiger partial charge in [0, 0.05) is 62.9 Å². The Kier molecular flexibility index (Phi) is 20.4. The number of likely N-dealkylation sites (tertiary alicyclic amines) is 1. The Morgan fingerprint density at radius 1 is 0.608 bits per heavy atom. The summed E-state index contributed by atoms with van der Waals surface area (Å²) in [6.45, 7) is 37.0. The van der Waals surface area contributed by atoms with Crippen LogP contribution in [0.3, 0.4) is 0 Å². The molecular weight excluding hydrogens is 674 g/mol. The molecule has 0 aliphatic carbocycles. The molecule has 0 aromatic rings. The van der Waals surface area contributed by atoms with Gasteiger partial charge >= 0.3 is 12.2 Å². The summed E-state index contributed by atoms with van der Waals surface area (Å²) in [7, 11) is 0. The SMILES string of the molecule is C=CC(=O)Cl.C=CC(=O)N1C[C@H](C)N(C(=O)OC(C)(C)C)C[C@H]1C.C=CC(=O)N1C[C@H](C)NC[C@H]1C.C[C@H]1CC[C@H](C)N(C(=O)OC(C)(C)C)C1. The van der Waals surface area contributed by atoms with Crippen LogP contribution in [0.1, 0.15) is 95.9 Å². The third-order valence-corrected chi connectivity index (χ3v) is 8.35. The van der Waals surface area contributed by atoms with Gasteiger partial charge in [-0.15, -0.1) is 0 Å². The van der Waals surface area contributed by atoms with Gasteiger partial charge in [0.1, 0.15) is 11.2 Å². The molecule has 0 radical (unpaired) electrons. The average Bonchev–Trinajstić information content (AvgIpc) is 3.02. The number of allylic oxidation sites excluding steroid dienone is 1. The Morgan fingerprint density at radius 2 is 1.00 bits per heavy atom. The summed E-state index contributed by atoms with van der Waals surface area (Å²) in [5, 5.41) is 2.80. The molecule has 0 aromatic heterocycles. The number of carbonyl (C=O) groups is 5. The van der Waals surface area contributed by atoms with Crippen molar-refractivity contribution in [2.45, 2.75) is 137 Å². The molecule has 3 heterocycles. The van der Waals surface area contributed by atoms with Gasteiger partial charge in [-0.3, -0.25) is 14.4 Å². The number of hydrogen-bond donors (Lipinski definition) is 1. The van der Waals surface area contributed by atoms with E-state index in [1.54, 1.807) is 9.80 Å². The number of piperidine rings is 1. The second-order valence-electron chi connectivity index (χ2n) is 15.6. The van der Waals surface area contributed by atoms with Crippen molar-refractivity contribution in [3.63, 3.8) is 0 Å². The van der Waals surface area contributed by atoms with E-state index in [2.05, 4.69) is 45.8 Å². The fourth-order valence-electron chi connectivity index (χ4n) is 5.44. The van der Waals surface area contributed by atoms with Crippen LogP contribution >= 0.6 is 11.6 Å². The van der Waals surface area contributed by atoms with Gasteiger partial charge in [-0.1, -0.05) is 26.7 Å². The monoisotopic (exact) mass is 739 g/mol. The van der Waals surface area contributed by atoms with Gasteiger partial charge in [-0.2, -0.15) is 0 Å². The first-order valence-electron chi connectivity index (χ1n) is 17.8.